The van der Waals surface area contributed by atoms with Gasteiger partial charge in [-0.15, -0.1) is 0 Å². The highest BCUT2D eigenvalue weighted by molar-refractivity contribution is 5.84. The number of quaternary nitrogens is 1. The summed E-state index contributed by atoms with van der Waals surface area (Å²) >= 11 is 0. The molecule has 2 aromatic carbocycles. The van der Waals surface area contributed by atoms with E-state index in [1.54, 1.807) is 18.2 Å². The number of ether oxygens (including phenoxy) is 1. The van der Waals surface area contributed by atoms with Crippen molar-refractivity contribution in [3.8, 4) is 0 Å². The van der Waals surface area contributed by atoms with Gasteiger partial charge in [-0.1, -0.05) is 45.0 Å². The molecule has 6 heteroatoms. The number of rotatable bonds is 13. The van der Waals surface area contributed by atoms with Crippen LogP contribution in [0.15, 0.2) is 53.5 Å². The second-order valence-corrected chi connectivity index (χ2v) is 8.24. The lowest BCUT2D eigenvalue weighted by molar-refractivity contribution is -0.928. The van der Waals surface area contributed by atoms with E-state index in [1.807, 2.05) is 36.4 Å². The number of carbonyl (C=O) groups is 1. The summed E-state index contributed by atoms with van der Waals surface area (Å²) in [4.78, 5) is 26.2. The molecule has 1 amide bonds. The Kier molecular flexibility index (Phi) is 10.6. The van der Waals surface area contributed by atoms with E-state index in [4.69, 9.17) is 4.74 Å². The minimum Gasteiger partial charge on any atom is -0.443 e. The van der Waals surface area contributed by atoms with E-state index in [0.29, 0.717) is 18.0 Å². The minimum absolute atomic E-state index is 0.410. The summed E-state index contributed by atoms with van der Waals surface area (Å²) in [6, 6.07) is 15.2. The number of aliphatic imine (C=N–C) groups is 1. The molecule has 0 spiro atoms. The van der Waals surface area contributed by atoms with Gasteiger partial charge in [0.05, 0.1) is 25.3 Å². The van der Waals surface area contributed by atoms with Gasteiger partial charge in [0.25, 0.3) is 0 Å². The average Bonchev–Trinajstić information content (AvgIpc) is 2.77. The first-order valence-corrected chi connectivity index (χ1v) is 11.6. The van der Waals surface area contributed by atoms with Crippen LogP contribution in [0.1, 0.15) is 51.2 Å². The number of isocyanates is 1. The van der Waals surface area contributed by atoms with Gasteiger partial charge in [0, 0.05) is 5.69 Å². The fourth-order valence-electron chi connectivity index (χ4n) is 4.26. The fraction of sp³-hybridized carbons (Fsp3) is 0.462. The molecule has 172 valence electrons. The molecule has 0 bridgehead atoms. The monoisotopic (exact) mass is 438 g/mol. The Morgan fingerprint density at radius 3 is 1.91 bits per heavy atom. The molecular formula is C26H36N3O3+. The van der Waals surface area contributed by atoms with Crippen molar-refractivity contribution in [2.24, 2.45) is 4.99 Å². The molecular weight excluding hydrogens is 402 g/mol. The maximum absolute atomic E-state index is 12.3. The van der Waals surface area contributed by atoms with Crippen molar-refractivity contribution >= 4 is 23.5 Å². The Labute approximate surface area is 191 Å². The first-order valence-electron chi connectivity index (χ1n) is 11.6. The summed E-state index contributed by atoms with van der Waals surface area (Å²) in [6.45, 7) is 11.3. The molecule has 0 aliphatic carbocycles. The van der Waals surface area contributed by atoms with E-state index in [-0.39, 0.29) is 0 Å². The SMILES string of the molecule is CCC[N+](CCC)(CCC)CCOC(=O)Nc1ccc(Cc2ccc(N=C=O)cc2)cc1. The van der Waals surface area contributed by atoms with Crippen molar-refractivity contribution in [3.63, 3.8) is 0 Å². The smallest absolute Gasteiger partial charge is 0.411 e. The first-order chi connectivity index (χ1) is 15.5. The van der Waals surface area contributed by atoms with E-state index < -0.39 is 6.09 Å². The molecule has 0 saturated carbocycles. The number of benzene rings is 2. The molecule has 0 fully saturated rings. The Morgan fingerprint density at radius 2 is 1.41 bits per heavy atom. The summed E-state index contributed by atoms with van der Waals surface area (Å²) in [6.07, 6.45) is 5.29. The van der Waals surface area contributed by atoms with Crippen molar-refractivity contribution in [3.05, 3.63) is 59.7 Å². The minimum atomic E-state index is -0.410. The Bertz CT molecular complexity index is 855. The zero-order valence-corrected chi connectivity index (χ0v) is 19.6. The molecule has 0 aliphatic rings. The molecule has 2 aromatic rings. The molecule has 0 radical (unpaired) electrons. The Morgan fingerprint density at radius 1 is 0.875 bits per heavy atom. The third-order valence-electron chi connectivity index (χ3n) is 5.61. The number of nitrogens with zero attached hydrogens (tertiary/aromatic N) is 2. The number of amides is 1. The highest BCUT2D eigenvalue weighted by Crippen LogP contribution is 2.17. The van der Waals surface area contributed by atoms with E-state index in [2.05, 4.69) is 31.1 Å². The van der Waals surface area contributed by atoms with Crippen molar-refractivity contribution in [2.45, 2.75) is 46.5 Å². The van der Waals surface area contributed by atoms with E-state index >= 15 is 0 Å². The normalized spacial score (nSPS) is 11.0. The molecule has 0 atom stereocenters. The third-order valence-corrected chi connectivity index (χ3v) is 5.61. The fourth-order valence-corrected chi connectivity index (χ4v) is 4.26. The molecule has 0 heterocycles. The molecule has 0 saturated heterocycles. The summed E-state index contributed by atoms with van der Waals surface area (Å²) in [5.74, 6) is 0. The predicted octanol–water partition coefficient (Wildman–Crippen LogP) is 5.84. The topological polar surface area (TPSA) is 67.8 Å². The maximum Gasteiger partial charge on any atom is 0.411 e. The van der Waals surface area contributed by atoms with E-state index in [0.717, 1.165) is 67.5 Å². The van der Waals surface area contributed by atoms with Crippen LogP contribution < -0.4 is 5.32 Å². The number of carbonyl (C=O) groups excluding carboxylic acids is 2. The summed E-state index contributed by atoms with van der Waals surface area (Å²) in [7, 11) is 0. The summed E-state index contributed by atoms with van der Waals surface area (Å²) in [5, 5.41) is 2.82. The number of hydrogen-bond donors (Lipinski definition) is 1. The van der Waals surface area contributed by atoms with Crippen LogP contribution in [-0.2, 0) is 16.0 Å². The summed E-state index contributed by atoms with van der Waals surface area (Å²) in [5.41, 5.74) is 3.54. The van der Waals surface area contributed by atoms with Crippen LogP contribution in [0.3, 0.4) is 0 Å². The van der Waals surface area contributed by atoms with Crippen LogP contribution >= 0.6 is 0 Å². The van der Waals surface area contributed by atoms with Gasteiger partial charge >= 0.3 is 6.09 Å². The molecule has 1 N–H and O–H groups in total. The number of hydrogen-bond acceptors (Lipinski definition) is 4. The lowest BCUT2D eigenvalue weighted by Crippen LogP contribution is -2.51. The van der Waals surface area contributed by atoms with Gasteiger partial charge in [0.1, 0.15) is 13.2 Å². The zero-order chi connectivity index (χ0) is 23.2. The number of nitrogens with one attached hydrogen (secondary N) is 1. The van der Waals surface area contributed by atoms with Gasteiger partial charge in [-0.3, -0.25) is 5.32 Å². The Balaban J connectivity index is 1.84. The Hall–Kier alpha value is -2.95. The van der Waals surface area contributed by atoms with Crippen molar-refractivity contribution in [2.75, 3.05) is 38.1 Å². The van der Waals surface area contributed by atoms with Crippen molar-refractivity contribution in [1.29, 1.82) is 0 Å². The molecule has 0 aromatic heterocycles. The van der Waals surface area contributed by atoms with Crippen LogP contribution in [0.25, 0.3) is 0 Å². The number of anilines is 1. The lowest BCUT2D eigenvalue weighted by Gasteiger charge is -2.38. The van der Waals surface area contributed by atoms with Gasteiger partial charge in [-0.05, 0) is 61.1 Å². The van der Waals surface area contributed by atoms with Crippen molar-refractivity contribution < 1.29 is 18.8 Å². The van der Waals surface area contributed by atoms with Gasteiger partial charge in [0.2, 0.25) is 6.08 Å². The van der Waals surface area contributed by atoms with Gasteiger partial charge in [0.15, 0.2) is 0 Å². The molecule has 32 heavy (non-hydrogen) atoms. The van der Waals surface area contributed by atoms with E-state index in [9.17, 15) is 9.59 Å². The van der Waals surface area contributed by atoms with Crippen LogP contribution in [0, 0.1) is 0 Å². The molecule has 2 rings (SSSR count). The molecule has 0 unspecified atom stereocenters. The average molecular weight is 439 g/mol. The van der Waals surface area contributed by atoms with Crippen LogP contribution in [0.4, 0.5) is 16.2 Å². The van der Waals surface area contributed by atoms with Crippen LogP contribution in [0.5, 0.6) is 0 Å². The second kappa shape index (κ2) is 13.5. The second-order valence-electron chi connectivity index (χ2n) is 8.24. The van der Waals surface area contributed by atoms with Crippen LogP contribution in [-0.4, -0.2) is 49.4 Å². The molecule has 6 nitrogen and oxygen atoms in total. The standard InChI is InChI=1S/C26H35N3O3/c1-4-15-29(16-5-2,17-6-3)18-19-32-26(31)28-25-13-9-23(10-14-25)20-22-7-11-24(12-8-22)27-21-30/h7-14H,4-6,15-20H2,1-3H3/p+1. The highest BCUT2D eigenvalue weighted by Gasteiger charge is 2.24. The van der Waals surface area contributed by atoms with Crippen molar-refractivity contribution in [1.82, 2.24) is 0 Å². The van der Waals surface area contributed by atoms with Gasteiger partial charge in [-0.25, -0.2) is 9.59 Å². The predicted molar refractivity (Wildman–Crippen MR) is 129 cm³/mol. The van der Waals surface area contributed by atoms with E-state index in [1.165, 1.54) is 0 Å². The first kappa shape index (κ1) is 25.3. The van der Waals surface area contributed by atoms with Crippen LogP contribution in [0.2, 0.25) is 0 Å². The zero-order valence-electron chi connectivity index (χ0n) is 19.6. The quantitative estimate of drug-likeness (QED) is 0.243. The van der Waals surface area contributed by atoms with Gasteiger partial charge < -0.3 is 9.22 Å². The van der Waals surface area contributed by atoms with Gasteiger partial charge in [-0.2, -0.15) is 4.99 Å². The molecule has 0 aliphatic heterocycles. The maximum atomic E-state index is 12.3. The highest BCUT2D eigenvalue weighted by atomic mass is 16.5. The lowest BCUT2D eigenvalue weighted by atomic mass is 10.0. The largest absolute Gasteiger partial charge is 0.443 e. The third kappa shape index (κ3) is 8.29. The summed E-state index contributed by atoms with van der Waals surface area (Å²) < 4.78 is 6.52.